The highest BCUT2D eigenvalue weighted by atomic mass is 19.1. The van der Waals surface area contributed by atoms with Crippen molar-refractivity contribution >= 4 is 5.96 Å². The molecule has 2 aromatic rings. The Kier molecular flexibility index (Phi) is 5.22. The predicted octanol–water partition coefficient (Wildman–Crippen LogP) is 3.23. The number of hydrogen-bond donors (Lipinski definition) is 2. The number of guanidine groups is 1. The number of methoxy groups -OCH3 is 1. The molecule has 0 spiro atoms. The van der Waals surface area contributed by atoms with Gasteiger partial charge in [0, 0.05) is 31.1 Å². The van der Waals surface area contributed by atoms with E-state index in [9.17, 15) is 4.39 Å². The summed E-state index contributed by atoms with van der Waals surface area (Å²) in [5.74, 6) is 1.41. The van der Waals surface area contributed by atoms with E-state index in [1.165, 1.54) is 17.7 Å². The summed E-state index contributed by atoms with van der Waals surface area (Å²) in [5.41, 5.74) is 2.35. The molecule has 2 aromatic carbocycles. The molecular formula is C20H24FN3O. The summed E-state index contributed by atoms with van der Waals surface area (Å²) < 4.78 is 18.5. The van der Waals surface area contributed by atoms with Gasteiger partial charge in [-0.15, -0.1) is 0 Å². The van der Waals surface area contributed by atoms with Crippen molar-refractivity contribution in [1.82, 2.24) is 10.6 Å². The van der Waals surface area contributed by atoms with Crippen LogP contribution in [0.1, 0.15) is 24.0 Å². The van der Waals surface area contributed by atoms with E-state index in [1.807, 2.05) is 36.4 Å². The lowest BCUT2D eigenvalue weighted by Crippen LogP contribution is -2.40. The maximum atomic E-state index is 13.1. The van der Waals surface area contributed by atoms with Crippen molar-refractivity contribution in [2.24, 2.45) is 4.99 Å². The van der Waals surface area contributed by atoms with Crippen LogP contribution >= 0.6 is 0 Å². The number of rotatable bonds is 6. The van der Waals surface area contributed by atoms with Gasteiger partial charge in [0.15, 0.2) is 5.96 Å². The van der Waals surface area contributed by atoms with Gasteiger partial charge in [0.05, 0.1) is 7.11 Å². The van der Waals surface area contributed by atoms with Crippen LogP contribution in [0.3, 0.4) is 0 Å². The zero-order valence-corrected chi connectivity index (χ0v) is 14.7. The van der Waals surface area contributed by atoms with Crippen LogP contribution in [0.4, 0.5) is 4.39 Å². The molecule has 1 aliphatic carbocycles. The van der Waals surface area contributed by atoms with Gasteiger partial charge in [-0.25, -0.2) is 4.39 Å². The Morgan fingerprint density at radius 2 is 1.84 bits per heavy atom. The second-order valence-corrected chi connectivity index (χ2v) is 6.38. The third-order valence-electron chi connectivity index (χ3n) is 4.77. The predicted molar refractivity (Wildman–Crippen MR) is 98.5 cm³/mol. The molecule has 0 atom stereocenters. The van der Waals surface area contributed by atoms with Crippen LogP contribution in [0, 0.1) is 5.82 Å². The van der Waals surface area contributed by atoms with Crippen LogP contribution in [0.2, 0.25) is 0 Å². The number of aliphatic imine (C=N–C) groups is 1. The van der Waals surface area contributed by atoms with Crippen LogP contribution < -0.4 is 15.4 Å². The highest BCUT2D eigenvalue weighted by Crippen LogP contribution is 2.47. The Labute approximate surface area is 148 Å². The molecule has 132 valence electrons. The van der Waals surface area contributed by atoms with Crippen LogP contribution in [-0.4, -0.2) is 26.7 Å². The molecule has 0 bridgehead atoms. The van der Waals surface area contributed by atoms with Crippen LogP contribution in [-0.2, 0) is 12.0 Å². The zero-order chi connectivity index (χ0) is 17.7. The molecule has 0 amide bonds. The minimum absolute atomic E-state index is 0.0930. The van der Waals surface area contributed by atoms with Gasteiger partial charge < -0.3 is 15.4 Å². The summed E-state index contributed by atoms with van der Waals surface area (Å²) in [4.78, 5) is 4.29. The first-order chi connectivity index (χ1) is 12.2. The van der Waals surface area contributed by atoms with Crippen molar-refractivity contribution in [2.45, 2.75) is 24.8 Å². The number of nitrogens with zero attached hydrogens (tertiary/aromatic N) is 1. The molecule has 0 aromatic heterocycles. The normalized spacial score (nSPS) is 15.6. The molecule has 0 unspecified atom stereocenters. The van der Waals surface area contributed by atoms with Gasteiger partial charge in [-0.05, 0) is 36.6 Å². The number of hydrogen-bond acceptors (Lipinski definition) is 2. The Bertz CT molecular complexity index is 739. The largest absolute Gasteiger partial charge is 0.496 e. The standard InChI is InChI=1S/C20H24FN3O/c1-22-19(23-13-15-5-3-4-6-18(15)25-2)24-14-20(11-12-20)16-7-9-17(21)10-8-16/h3-10H,11-14H2,1-2H3,(H2,22,23,24). The SMILES string of the molecule is CN=C(NCc1ccccc1OC)NCC1(c2ccc(F)cc2)CC1. The molecule has 0 aliphatic heterocycles. The van der Waals surface area contributed by atoms with Crippen LogP contribution in [0.15, 0.2) is 53.5 Å². The summed E-state index contributed by atoms with van der Waals surface area (Å²) in [6.07, 6.45) is 2.21. The number of nitrogens with one attached hydrogen (secondary N) is 2. The monoisotopic (exact) mass is 341 g/mol. The lowest BCUT2D eigenvalue weighted by Gasteiger charge is -2.19. The van der Waals surface area contributed by atoms with Gasteiger partial charge in [0.1, 0.15) is 11.6 Å². The highest BCUT2D eigenvalue weighted by Gasteiger charge is 2.44. The van der Waals surface area contributed by atoms with Crippen molar-refractivity contribution < 1.29 is 9.13 Å². The number of halogens is 1. The van der Waals surface area contributed by atoms with Crippen molar-refractivity contribution in [3.63, 3.8) is 0 Å². The Balaban J connectivity index is 1.57. The van der Waals surface area contributed by atoms with Gasteiger partial charge in [0.2, 0.25) is 0 Å². The van der Waals surface area contributed by atoms with Gasteiger partial charge in [-0.1, -0.05) is 30.3 Å². The molecular weight excluding hydrogens is 317 g/mol. The summed E-state index contributed by atoms with van der Waals surface area (Å²) in [5, 5.41) is 6.72. The van der Waals surface area contributed by atoms with E-state index in [4.69, 9.17) is 4.74 Å². The molecule has 5 heteroatoms. The maximum absolute atomic E-state index is 13.1. The smallest absolute Gasteiger partial charge is 0.191 e. The third-order valence-corrected chi connectivity index (χ3v) is 4.77. The second-order valence-electron chi connectivity index (χ2n) is 6.38. The summed E-state index contributed by atoms with van der Waals surface area (Å²) in [7, 11) is 3.43. The summed E-state index contributed by atoms with van der Waals surface area (Å²) in [6, 6.07) is 14.7. The summed E-state index contributed by atoms with van der Waals surface area (Å²) in [6.45, 7) is 1.41. The van der Waals surface area contributed by atoms with E-state index < -0.39 is 0 Å². The zero-order valence-electron chi connectivity index (χ0n) is 14.7. The maximum Gasteiger partial charge on any atom is 0.191 e. The van der Waals surface area contributed by atoms with Crippen molar-refractivity contribution in [3.8, 4) is 5.75 Å². The molecule has 3 rings (SSSR count). The fourth-order valence-corrected chi connectivity index (χ4v) is 3.02. The average Bonchev–Trinajstić information content (AvgIpc) is 3.44. The molecule has 2 N–H and O–H groups in total. The van der Waals surface area contributed by atoms with E-state index in [2.05, 4.69) is 15.6 Å². The molecule has 0 heterocycles. The Hall–Kier alpha value is -2.56. The minimum Gasteiger partial charge on any atom is -0.496 e. The molecule has 0 radical (unpaired) electrons. The molecule has 1 aliphatic rings. The van der Waals surface area contributed by atoms with Crippen molar-refractivity contribution in [3.05, 3.63) is 65.5 Å². The van der Waals surface area contributed by atoms with E-state index in [0.717, 1.165) is 36.7 Å². The van der Waals surface area contributed by atoms with Gasteiger partial charge in [0.25, 0.3) is 0 Å². The number of para-hydroxylation sites is 1. The van der Waals surface area contributed by atoms with Crippen molar-refractivity contribution in [1.29, 1.82) is 0 Å². The number of benzene rings is 2. The van der Waals surface area contributed by atoms with Crippen molar-refractivity contribution in [2.75, 3.05) is 20.7 Å². The Morgan fingerprint density at radius 1 is 1.12 bits per heavy atom. The van der Waals surface area contributed by atoms with Crippen LogP contribution in [0.5, 0.6) is 5.75 Å². The topological polar surface area (TPSA) is 45.7 Å². The third kappa shape index (κ3) is 4.10. The summed E-state index contributed by atoms with van der Waals surface area (Å²) >= 11 is 0. The fraction of sp³-hybridized carbons (Fsp3) is 0.350. The molecule has 25 heavy (non-hydrogen) atoms. The average molecular weight is 341 g/mol. The number of ether oxygens (including phenoxy) is 1. The lowest BCUT2D eigenvalue weighted by atomic mass is 9.96. The first-order valence-electron chi connectivity index (χ1n) is 8.49. The second kappa shape index (κ2) is 7.55. The van der Waals surface area contributed by atoms with Crippen LogP contribution in [0.25, 0.3) is 0 Å². The van der Waals surface area contributed by atoms with Gasteiger partial charge in [-0.3, -0.25) is 4.99 Å². The lowest BCUT2D eigenvalue weighted by molar-refractivity contribution is 0.409. The van der Waals surface area contributed by atoms with E-state index in [0.29, 0.717) is 6.54 Å². The molecule has 0 saturated heterocycles. The first-order valence-corrected chi connectivity index (χ1v) is 8.49. The van der Waals surface area contributed by atoms with E-state index in [1.54, 1.807) is 14.2 Å². The molecule has 1 fully saturated rings. The van der Waals surface area contributed by atoms with E-state index in [-0.39, 0.29) is 11.2 Å². The van der Waals surface area contributed by atoms with Gasteiger partial charge in [-0.2, -0.15) is 0 Å². The molecule has 1 saturated carbocycles. The minimum atomic E-state index is -0.193. The first kappa shape index (κ1) is 17.3. The van der Waals surface area contributed by atoms with Gasteiger partial charge >= 0.3 is 0 Å². The van der Waals surface area contributed by atoms with E-state index >= 15 is 0 Å². The highest BCUT2D eigenvalue weighted by molar-refractivity contribution is 5.79. The Morgan fingerprint density at radius 3 is 2.48 bits per heavy atom. The molecule has 4 nitrogen and oxygen atoms in total. The quantitative estimate of drug-likeness (QED) is 0.626. The fourth-order valence-electron chi connectivity index (χ4n) is 3.02.